The zero-order valence-corrected chi connectivity index (χ0v) is 49.5. The van der Waals surface area contributed by atoms with E-state index in [9.17, 15) is 14.7 Å². The van der Waals surface area contributed by atoms with Gasteiger partial charge in [-0.3, -0.25) is 9.59 Å². The number of rotatable bonds is 57. The van der Waals surface area contributed by atoms with Crippen LogP contribution in [0.2, 0.25) is 0 Å². The largest absolute Gasteiger partial charge is 0.462 e. The van der Waals surface area contributed by atoms with Gasteiger partial charge >= 0.3 is 11.9 Å². The van der Waals surface area contributed by atoms with Crippen LogP contribution in [0.5, 0.6) is 0 Å². The number of allylic oxidation sites excluding steroid dienone is 22. The zero-order valence-electron chi connectivity index (χ0n) is 49.5. The smallest absolute Gasteiger partial charge is 0.306 e. The lowest BCUT2D eigenvalue weighted by atomic mass is 10.0. The minimum atomic E-state index is -0.788. The number of aliphatic hydroxyl groups is 1. The van der Waals surface area contributed by atoms with Crippen LogP contribution < -0.4 is 0 Å². The summed E-state index contributed by atoms with van der Waals surface area (Å²) < 4.78 is 10.7. The summed E-state index contributed by atoms with van der Waals surface area (Å²) in [5, 5.41) is 9.68. The maximum absolute atomic E-state index is 12.3. The number of ether oxygens (including phenoxy) is 2. The van der Waals surface area contributed by atoms with Crippen molar-refractivity contribution >= 4 is 11.9 Å². The van der Waals surface area contributed by atoms with Crippen LogP contribution in [0.15, 0.2) is 134 Å². The molecule has 1 atom stereocenters. The molecule has 76 heavy (non-hydrogen) atoms. The van der Waals surface area contributed by atoms with Gasteiger partial charge in [0.1, 0.15) is 6.61 Å². The summed E-state index contributed by atoms with van der Waals surface area (Å²) in [6.45, 7) is 3.91. The standard InChI is InChI=1S/C71H118O5/c1-3-5-7-9-11-13-15-17-19-21-23-25-27-29-30-31-32-33-34-35-36-37-38-39-40-42-43-45-47-49-51-53-55-57-59-61-63-65-70(73)75-68-69(67-72)76-71(74)66-64-62-60-58-56-54-52-50-48-46-44-41-28-26-24-22-20-18-16-14-12-10-8-6-4-2/h5-8,11-14,17-20,23-26,29-30,41,44,48,50,69,72H,3-4,9-10,15-16,21-22,27-28,31-40,42-43,45-47,49,51-68H2,1-2H3/b7-5-,8-6-,13-11-,14-12-,19-17-,20-18-,25-23-,26-24-,30-29-,44-41-,50-48-. The summed E-state index contributed by atoms with van der Waals surface area (Å²) >= 11 is 0. The van der Waals surface area contributed by atoms with Gasteiger partial charge in [-0.15, -0.1) is 0 Å². The number of hydrogen-bond donors (Lipinski definition) is 1. The maximum atomic E-state index is 12.3. The monoisotopic (exact) mass is 1050 g/mol. The van der Waals surface area contributed by atoms with Crippen molar-refractivity contribution < 1.29 is 24.2 Å². The van der Waals surface area contributed by atoms with E-state index in [2.05, 4.69) is 148 Å². The predicted octanol–water partition coefficient (Wildman–Crippen LogP) is 22.0. The van der Waals surface area contributed by atoms with Crippen molar-refractivity contribution in [3.63, 3.8) is 0 Å². The van der Waals surface area contributed by atoms with Crippen LogP contribution in [0.25, 0.3) is 0 Å². The fourth-order valence-electron chi connectivity index (χ4n) is 8.76. The number of hydrogen-bond acceptors (Lipinski definition) is 5. The molecule has 0 aromatic heterocycles. The molecular formula is C71H118O5. The van der Waals surface area contributed by atoms with E-state index in [-0.39, 0.29) is 25.2 Å². The van der Waals surface area contributed by atoms with Crippen LogP contribution in [0.3, 0.4) is 0 Å². The normalized spacial score (nSPS) is 13.1. The van der Waals surface area contributed by atoms with Gasteiger partial charge in [0.2, 0.25) is 0 Å². The van der Waals surface area contributed by atoms with E-state index in [0.717, 1.165) is 116 Å². The van der Waals surface area contributed by atoms with E-state index in [1.165, 1.54) is 141 Å². The van der Waals surface area contributed by atoms with E-state index in [1.807, 2.05) is 0 Å². The van der Waals surface area contributed by atoms with Gasteiger partial charge in [-0.1, -0.05) is 295 Å². The van der Waals surface area contributed by atoms with Gasteiger partial charge < -0.3 is 14.6 Å². The molecule has 0 aliphatic carbocycles. The third-order valence-corrected chi connectivity index (χ3v) is 13.4. The Morgan fingerprint density at radius 1 is 0.303 bits per heavy atom. The first kappa shape index (κ1) is 72.0. The molecule has 0 amide bonds. The fraction of sp³-hybridized carbons (Fsp3) is 0.662. The first-order chi connectivity index (χ1) is 37.6. The highest BCUT2D eigenvalue weighted by atomic mass is 16.6. The van der Waals surface area contributed by atoms with E-state index < -0.39 is 6.10 Å². The van der Waals surface area contributed by atoms with Crippen LogP contribution in [0.4, 0.5) is 0 Å². The van der Waals surface area contributed by atoms with Crippen molar-refractivity contribution in [1.29, 1.82) is 0 Å². The van der Waals surface area contributed by atoms with Crippen molar-refractivity contribution in [2.75, 3.05) is 13.2 Å². The lowest BCUT2D eigenvalue weighted by Gasteiger charge is -2.15. The highest BCUT2D eigenvalue weighted by Crippen LogP contribution is 2.17. The average Bonchev–Trinajstić information content (AvgIpc) is 3.42. The molecule has 1 unspecified atom stereocenters. The van der Waals surface area contributed by atoms with Gasteiger partial charge in [0.25, 0.3) is 0 Å². The van der Waals surface area contributed by atoms with Gasteiger partial charge in [0.15, 0.2) is 6.10 Å². The molecule has 0 aromatic rings. The Kier molecular flexibility index (Phi) is 61.9. The third kappa shape index (κ3) is 62.6. The number of esters is 2. The van der Waals surface area contributed by atoms with Crippen LogP contribution in [-0.4, -0.2) is 36.4 Å². The molecule has 0 aliphatic heterocycles. The molecule has 5 heteroatoms. The van der Waals surface area contributed by atoms with Crippen LogP contribution in [0, 0.1) is 0 Å². The van der Waals surface area contributed by atoms with E-state index in [1.54, 1.807) is 0 Å². The highest BCUT2D eigenvalue weighted by molar-refractivity contribution is 5.70. The van der Waals surface area contributed by atoms with Crippen LogP contribution >= 0.6 is 0 Å². The molecule has 0 saturated carbocycles. The van der Waals surface area contributed by atoms with Crippen molar-refractivity contribution in [1.82, 2.24) is 0 Å². The highest BCUT2D eigenvalue weighted by Gasteiger charge is 2.16. The summed E-state index contributed by atoms with van der Waals surface area (Å²) in [4.78, 5) is 24.6. The topological polar surface area (TPSA) is 72.8 Å². The Hall–Kier alpha value is -3.96. The Balaban J connectivity index is 3.49. The minimum Gasteiger partial charge on any atom is -0.462 e. The molecule has 0 bridgehead atoms. The maximum Gasteiger partial charge on any atom is 0.306 e. The first-order valence-corrected chi connectivity index (χ1v) is 31.7. The summed E-state index contributed by atoms with van der Waals surface area (Å²) in [6, 6.07) is 0. The molecule has 1 N–H and O–H groups in total. The molecular weight excluding hydrogens is 933 g/mol. The van der Waals surface area contributed by atoms with Gasteiger partial charge in [-0.2, -0.15) is 0 Å². The van der Waals surface area contributed by atoms with Crippen LogP contribution in [-0.2, 0) is 19.1 Å². The molecule has 0 spiro atoms. The number of carbonyl (C=O) groups is 2. The SMILES string of the molecule is CC/C=C\C/C=C\C/C=C\C/C=C\C/C=C\C/C=C\CCCCCCCCC(=O)OC(CO)COC(=O)CCCCCCCCCCCCCCCCCCCCCCC/C=C\C/C=C\C/C=C\C/C=C\C/C=C\CC. The van der Waals surface area contributed by atoms with Gasteiger partial charge in [-0.05, 0) is 109 Å². The van der Waals surface area contributed by atoms with Gasteiger partial charge in [-0.25, -0.2) is 0 Å². The summed E-state index contributed by atoms with van der Waals surface area (Å²) in [7, 11) is 0. The molecule has 5 nitrogen and oxygen atoms in total. The Morgan fingerprint density at radius 3 is 0.789 bits per heavy atom. The summed E-state index contributed by atoms with van der Waals surface area (Å²) in [5.41, 5.74) is 0. The number of aliphatic hydroxyl groups excluding tert-OH is 1. The predicted molar refractivity (Wildman–Crippen MR) is 334 cm³/mol. The lowest BCUT2D eigenvalue weighted by Crippen LogP contribution is -2.28. The molecule has 0 radical (unpaired) electrons. The van der Waals surface area contributed by atoms with Gasteiger partial charge in [0.05, 0.1) is 6.61 Å². The average molecular weight is 1050 g/mol. The Morgan fingerprint density at radius 2 is 0.526 bits per heavy atom. The molecule has 0 rings (SSSR count). The lowest BCUT2D eigenvalue weighted by molar-refractivity contribution is -0.161. The second-order valence-corrected chi connectivity index (χ2v) is 20.7. The molecule has 0 fully saturated rings. The first-order valence-electron chi connectivity index (χ1n) is 31.7. The molecule has 0 aromatic carbocycles. The summed E-state index contributed by atoms with van der Waals surface area (Å²) in [6.07, 6.45) is 97.4. The minimum absolute atomic E-state index is 0.0766. The van der Waals surface area contributed by atoms with Gasteiger partial charge in [0, 0.05) is 12.8 Å². The molecule has 432 valence electrons. The van der Waals surface area contributed by atoms with Crippen LogP contribution in [0.1, 0.15) is 284 Å². The second kappa shape index (κ2) is 65.3. The molecule has 0 aliphatic rings. The van der Waals surface area contributed by atoms with Crippen molar-refractivity contribution in [3.8, 4) is 0 Å². The van der Waals surface area contributed by atoms with Crippen molar-refractivity contribution in [3.05, 3.63) is 134 Å². The van der Waals surface area contributed by atoms with Crippen molar-refractivity contribution in [2.45, 2.75) is 290 Å². The summed E-state index contributed by atoms with van der Waals surface area (Å²) in [5.74, 6) is -0.605. The van der Waals surface area contributed by atoms with E-state index >= 15 is 0 Å². The Labute approximate surface area is 470 Å². The van der Waals surface area contributed by atoms with E-state index in [4.69, 9.17) is 9.47 Å². The molecule has 0 heterocycles. The number of unbranched alkanes of at least 4 members (excludes halogenated alkanes) is 27. The molecule has 0 saturated heterocycles. The fourth-order valence-corrected chi connectivity index (χ4v) is 8.76. The van der Waals surface area contributed by atoms with E-state index in [0.29, 0.717) is 12.8 Å². The van der Waals surface area contributed by atoms with Crippen molar-refractivity contribution in [2.24, 2.45) is 0 Å². The zero-order chi connectivity index (χ0) is 54.8. The Bertz CT molecular complexity index is 1570. The quantitative estimate of drug-likeness (QED) is 0.0373. The number of carbonyl (C=O) groups excluding carboxylic acids is 2. The third-order valence-electron chi connectivity index (χ3n) is 13.4. The second-order valence-electron chi connectivity index (χ2n) is 20.7.